The van der Waals surface area contributed by atoms with Crippen LogP contribution in [0.3, 0.4) is 0 Å². The zero-order chi connectivity index (χ0) is 24.0. The van der Waals surface area contributed by atoms with Crippen molar-refractivity contribution >= 4 is 17.5 Å². The Hall–Kier alpha value is -4.50. The van der Waals surface area contributed by atoms with Crippen molar-refractivity contribution in [2.75, 3.05) is 31.2 Å². The van der Waals surface area contributed by atoms with Crippen LogP contribution in [-0.2, 0) is 4.74 Å². The van der Waals surface area contributed by atoms with Crippen molar-refractivity contribution in [2.24, 2.45) is 0 Å². The molecule has 1 aliphatic rings. The summed E-state index contributed by atoms with van der Waals surface area (Å²) in [5.41, 5.74) is 7.89. The molecule has 3 aromatic carbocycles. The van der Waals surface area contributed by atoms with Gasteiger partial charge in [0, 0.05) is 29.9 Å². The molecular weight excluding hydrogens is 444 g/mol. The van der Waals surface area contributed by atoms with E-state index in [1.165, 1.54) is 0 Å². The quantitative estimate of drug-likeness (QED) is 0.437. The number of morpholine rings is 1. The number of hydrogen-bond donors (Lipinski definition) is 2. The van der Waals surface area contributed by atoms with Gasteiger partial charge in [-0.05, 0) is 36.4 Å². The first kappa shape index (κ1) is 22.3. The van der Waals surface area contributed by atoms with Gasteiger partial charge in [0.05, 0.1) is 18.9 Å². The number of amides is 2. The number of aromatic nitrogens is 3. The Morgan fingerprint density at radius 3 is 2.06 bits per heavy atom. The second kappa shape index (κ2) is 10.2. The third-order valence-corrected chi connectivity index (χ3v) is 5.64. The topological polar surface area (TPSA) is 101 Å². The molecule has 2 N–H and O–H groups in total. The first-order valence-electron chi connectivity index (χ1n) is 11.3. The van der Waals surface area contributed by atoms with E-state index in [0.717, 1.165) is 30.0 Å². The average molecular weight is 469 g/mol. The zero-order valence-corrected chi connectivity index (χ0v) is 18.9. The van der Waals surface area contributed by atoms with Crippen LogP contribution in [0.25, 0.3) is 17.1 Å². The number of ether oxygens (including phenoxy) is 1. The maximum atomic E-state index is 12.8. The summed E-state index contributed by atoms with van der Waals surface area (Å²) in [6.07, 6.45) is 0. The fourth-order valence-corrected chi connectivity index (χ4v) is 3.82. The molecule has 0 unspecified atom stereocenters. The molecule has 0 spiro atoms. The molecule has 1 aromatic heterocycles. The van der Waals surface area contributed by atoms with E-state index >= 15 is 0 Å². The molecule has 1 saturated heterocycles. The normalized spacial score (nSPS) is 13.3. The van der Waals surface area contributed by atoms with E-state index in [1.807, 2.05) is 72.8 Å². The summed E-state index contributed by atoms with van der Waals surface area (Å²) in [7, 11) is 0. The molecule has 0 aliphatic carbocycles. The van der Waals surface area contributed by atoms with E-state index in [1.54, 1.807) is 16.8 Å². The van der Waals surface area contributed by atoms with Crippen molar-refractivity contribution in [3.63, 3.8) is 0 Å². The molecular formula is C26H24N6O3. The fraction of sp³-hybridized carbons (Fsp3) is 0.154. The minimum absolute atomic E-state index is 0.0596. The lowest BCUT2D eigenvalue weighted by Crippen LogP contribution is -2.42. The van der Waals surface area contributed by atoms with E-state index in [4.69, 9.17) is 4.74 Å². The van der Waals surface area contributed by atoms with Crippen molar-refractivity contribution in [1.82, 2.24) is 25.6 Å². The first-order chi connectivity index (χ1) is 17.2. The van der Waals surface area contributed by atoms with Gasteiger partial charge in [0.25, 0.3) is 5.91 Å². The lowest BCUT2D eigenvalue weighted by atomic mass is 10.2. The molecule has 0 radical (unpaired) electrons. The summed E-state index contributed by atoms with van der Waals surface area (Å²) >= 11 is 0. The highest BCUT2D eigenvalue weighted by Gasteiger charge is 2.19. The van der Waals surface area contributed by atoms with Crippen LogP contribution < -0.4 is 15.8 Å². The zero-order valence-electron chi connectivity index (χ0n) is 18.9. The number of rotatable bonds is 5. The monoisotopic (exact) mass is 468 g/mol. The Morgan fingerprint density at radius 1 is 0.743 bits per heavy atom. The number of para-hydroxylation sites is 1. The van der Waals surface area contributed by atoms with Gasteiger partial charge in [-0.25, -0.2) is 9.67 Å². The van der Waals surface area contributed by atoms with Gasteiger partial charge in [0.15, 0.2) is 5.82 Å². The molecule has 1 fully saturated rings. The van der Waals surface area contributed by atoms with Crippen molar-refractivity contribution in [3.05, 3.63) is 96.3 Å². The highest BCUT2D eigenvalue weighted by atomic mass is 16.5. The van der Waals surface area contributed by atoms with Gasteiger partial charge < -0.3 is 9.64 Å². The number of nitrogens with zero attached hydrogens (tertiary/aromatic N) is 4. The molecule has 0 bridgehead atoms. The van der Waals surface area contributed by atoms with Crippen LogP contribution in [0.2, 0.25) is 0 Å². The lowest BCUT2D eigenvalue weighted by Gasteiger charge is -2.28. The van der Waals surface area contributed by atoms with E-state index in [-0.39, 0.29) is 5.82 Å². The first-order valence-corrected chi connectivity index (χ1v) is 11.3. The minimum atomic E-state index is -0.616. The molecule has 1 aliphatic heterocycles. The van der Waals surface area contributed by atoms with Crippen LogP contribution in [0.15, 0.2) is 84.9 Å². The van der Waals surface area contributed by atoms with E-state index in [0.29, 0.717) is 24.6 Å². The van der Waals surface area contributed by atoms with Gasteiger partial charge in [-0.15, -0.1) is 5.10 Å². The second-order valence-corrected chi connectivity index (χ2v) is 7.93. The largest absolute Gasteiger partial charge is 0.378 e. The minimum Gasteiger partial charge on any atom is -0.378 e. The Balaban J connectivity index is 1.29. The van der Waals surface area contributed by atoms with E-state index < -0.39 is 11.8 Å². The van der Waals surface area contributed by atoms with Crippen molar-refractivity contribution < 1.29 is 14.3 Å². The molecule has 5 rings (SSSR count). The Morgan fingerprint density at radius 2 is 1.37 bits per heavy atom. The van der Waals surface area contributed by atoms with Crippen LogP contribution in [0.5, 0.6) is 0 Å². The maximum absolute atomic E-state index is 12.8. The molecule has 35 heavy (non-hydrogen) atoms. The number of benzene rings is 3. The number of nitrogens with one attached hydrogen (secondary N) is 2. The summed E-state index contributed by atoms with van der Waals surface area (Å²) < 4.78 is 6.98. The van der Waals surface area contributed by atoms with Crippen LogP contribution >= 0.6 is 0 Å². The number of carbonyl (C=O) groups is 2. The molecule has 0 saturated carbocycles. The van der Waals surface area contributed by atoms with Crippen LogP contribution in [0.1, 0.15) is 21.0 Å². The van der Waals surface area contributed by atoms with Gasteiger partial charge in [-0.3, -0.25) is 20.4 Å². The molecule has 2 heterocycles. The van der Waals surface area contributed by atoms with Gasteiger partial charge in [0.1, 0.15) is 0 Å². The van der Waals surface area contributed by atoms with Crippen molar-refractivity contribution in [3.8, 4) is 17.1 Å². The summed E-state index contributed by atoms with van der Waals surface area (Å²) in [6, 6.07) is 26.1. The molecule has 9 nitrogen and oxygen atoms in total. The maximum Gasteiger partial charge on any atom is 0.309 e. The molecule has 9 heteroatoms. The summed E-state index contributed by atoms with van der Waals surface area (Å²) in [4.78, 5) is 32.0. The van der Waals surface area contributed by atoms with Gasteiger partial charge >= 0.3 is 5.91 Å². The van der Waals surface area contributed by atoms with Crippen LogP contribution in [-0.4, -0.2) is 52.9 Å². The van der Waals surface area contributed by atoms with E-state index in [9.17, 15) is 9.59 Å². The Kier molecular flexibility index (Phi) is 6.49. The summed E-state index contributed by atoms with van der Waals surface area (Å²) in [5, 5.41) is 4.40. The van der Waals surface area contributed by atoms with Gasteiger partial charge in [-0.1, -0.05) is 48.5 Å². The molecule has 176 valence electrons. The third-order valence-electron chi connectivity index (χ3n) is 5.64. The molecule has 2 amide bonds. The van der Waals surface area contributed by atoms with Gasteiger partial charge in [0.2, 0.25) is 5.82 Å². The fourth-order valence-electron chi connectivity index (χ4n) is 3.82. The number of hydrazine groups is 1. The van der Waals surface area contributed by atoms with Crippen LogP contribution in [0.4, 0.5) is 5.69 Å². The highest BCUT2D eigenvalue weighted by Crippen LogP contribution is 2.21. The number of anilines is 1. The summed E-state index contributed by atoms with van der Waals surface area (Å²) in [5.74, 6) is -0.588. The summed E-state index contributed by atoms with van der Waals surface area (Å²) in [6.45, 7) is 3.01. The smallest absolute Gasteiger partial charge is 0.309 e. The van der Waals surface area contributed by atoms with Crippen molar-refractivity contribution in [1.29, 1.82) is 0 Å². The predicted molar refractivity (Wildman–Crippen MR) is 131 cm³/mol. The van der Waals surface area contributed by atoms with Crippen molar-refractivity contribution in [2.45, 2.75) is 0 Å². The third kappa shape index (κ3) is 5.04. The Labute approximate surface area is 202 Å². The van der Waals surface area contributed by atoms with Gasteiger partial charge in [-0.2, -0.15) is 0 Å². The SMILES string of the molecule is O=C(NNC(=O)c1nc(-c2ccccc2)n(-c2ccccc2)n1)c1ccc(N2CCOCC2)cc1. The molecule has 0 atom stereocenters. The highest BCUT2D eigenvalue weighted by molar-refractivity contribution is 5.98. The lowest BCUT2D eigenvalue weighted by molar-refractivity contribution is 0.0841. The number of carbonyl (C=O) groups excluding carboxylic acids is 2. The second-order valence-electron chi connectivity index (χ2n) is 7.93. The standard InChI is InChI=1S/C26H24N6O3/c33-25(20-11-13-21(14-12-20)31-15-17-35-18-16-31)28-29-26(34)23-27-24(19-7-3-1-4-8-19)32(30-23)22-9-5-2-6-10-22/h1-14H,15-18H2,(H,28,33)(H,29,34). The van der Waals surface area contributed by atoms with E-state index in [2.05, 4.69) is 25.8 Å². The molecule has 4 aromatic rings. The van der Waals surface area contributed by atoms with Crippen LogP contribution in [0, 0.1) is 0 Å². The Bertz CT molecular complexity index is 1240. The average Bonchev–Trinajstić information content (AvgIpc) is 3.39. The number of hydrogen-bond acceptors (Lipinski definition) is 6. The predicted octanol–water partition coefficient (Wildman–Crippen LogP) is 2.85.